The second-order valence-electron chi connectivity index (χ2n) is 6.92. The van der Waals surface area contributed by atoms with Gasteiger partial charge in [-0.1, -0.05) is 0 Å². The van der Waals surface area contributed by atoms with Gasteiger partial charge in [-0.3, -0.25) is 10.9 Å². The molecule has 0 amide bonds. The van der Waals surface area contributed by atoms with Crippen molar-refractivity contribution in [3.8, 4) is 0 Å². The molecule has 0 heterocycles. The average Bonchev–Trinajstić information content (AvgIpc) is 2.80. The molecule has 0 aliphatic heterocycles. The number of benzene rings is 2. The molecule has 0 aliphatic rings. The molecule has 0 saturated heterocycles. The van der Waals surface area contributed by atoms with Gasteiger partial charge in [-0.2, -0.15) is 10.2 Å². The molecular weight excluding hydrogens is 442 g/mol. The van der Waals surface area contributed by atoms with Crippen molar-refractivity contribution in [1.82, 2.24) is 16.2 Å². The lowest BCUT2D eigenvalue weighted by atomic mass is 10.2. The lowest BCUT2D eigenvalue weighted by Crippen LogP contribution is -2.30. The Morgan fingerprint density at radius 1 is 0.719 bits per heavy atom. The van der Waals surface area contributed by atoms with Crippen LogP contribution in [0.3, 0.4) is 0 Å². The summed E-state index contributed by atoms with van der Waals surface area (Å²) in [6.07, 6.45) is 0. The van der Waals surface area contributed by atoms with Gasteiger partial charge in [0, 0.05) is 32.5 Å². The summed E-state index contributed by atoms with van der Waals surface area (Å²) in [4.78, 5) is 2.06. The van der Waals surface area contributed by atoms with Crippen molar-refractivity contribution in [2.75, 3.05) is 42.2 Å². The molecule has 170 valence electrons. The molecule has 0 fully saturated rings. The number of hydrogen-bond donors (Lipinski definition) is 6. The quantitative estimate of drug-likeness (QED) is 0.197. The Morgan fingerprint density at radius 2 is 1.16 bits per heavy atom. The molecular formula is C21H29N9S2. The van der Waals surface area contributed by atoms with Gasteiger partial charge in [0.1, 0.15) is 0 Å². The minimum atomic E-state index is 0.371. The summed E-state index contributed by atoms with van der Waals surface area (Å²) < 4.78 is 0. The SMILES string of the molecule is CNC(=S)N/N=C(C)/C(C)=N/NC(=S)Nc1ccc(NNc2ccc(N(C)C)cc2)cc1. The topological polar surface area (TPSA) is 100 Å². The van der Waals surface area contributed by atoms with E-state index in [9.17, 15) is 0 Å². The van der Waals surface area contributed by atoms with Gasteiger partial charge < -0.3 is 26.4 Å². The molecule has 0 atom stereocenters. The van der Waals surface area contributed by atoms with E-state index in [1.807, 2.05) is 64.3 Å². The molecule has 0 aromatic heterocycles. The van der Waals surface area contributed by atoms with Crippen LogP contribution in [0.1, 0.15) is 13.8 Å². The van der Waals surface area contributed by atoms with E-state index < -0.39 is 0 Å². The summed E-state index contributed by atoms with van der Waals surface area (Å²) in [5, 5.41) is 15.0. The minimum absolute atomic E-state index is 0.371. The fourth-order valence-corrected chi connectivity index (χ4v) is 2.48. The Morgan fingerprint density at radius 3 is 1.62 bits per heavy atom. The Hall–Kier alpha value is -3.44. The highest BCUT2D eigenvalue weighted by atomic mass is 32.1. The summed E-state index contributed by atoms with van der Waals surface area (Å²) in [7, 11) is 5.75. The van der Waals surface area contributed by atoms with Gasteiger partial charge in [0.05, 0.1) is 22.8 Å². The van der Waals surface area contributed by atoms with Gasteiger partial charge in [-0.25, -0.2) is 0 Å². The molecule has 11 heteroatoms. The molecule has 0 spiro atoms. The Bertz CT molecular complexity index is 968. The van der Waals surface area contributed by atoms with Crippen molar-refractivity contribution in [3.05, 3.63) is 48.5 Å². The van der Waals surface area contributed by atoms with Crippen molar-refractivity contribution >= 4 is 68.8 Å². The van der Waals surface area contributed by atoms with Gasteiger partial charge in [-0.05, 0) is 86.8 Å². The van der Waals surface area contributed by atoms with Crippen molar-refractivity contribution < 1.29 is 0 Å². The largest absolute Gasteiger partial charge is 0.378 e. The fourth-order valence-electron chi connectivity index (χ4n) is 2.27. The predicted molar refractivity (Wildman–Crippen MR) is 145 cm³/mol. The first-order chi connectivity index (χ1) is 15.3. The minimum Gasteiger partial charge on any atom is -0.378 e. The third-order valence-corrected chi connectivity index (χ3v) is 4.77. The Labute approximate surface area is 199 Å². The van der Waals surface area contributed by atoms with E-state index in [1.54, 1.807) is 7.05 Å². The molecule has 0 saturated carbocycles. The highest BCUT2D eigenvalue weighted by Gasteiger charge is 2.01. The lowest BCUT2D eigenvalue weighted by molar-refractivity contribution is 0.974. The fraction of sp³-hybridized carbons (Fsp3) is 0.238. The third-order valence-electron chi connectivity index (χ3n) is 4.28. The zero-order chi connectivity index (χ0) is 23.5. The molecule has 0 radical (unpaired) electrons. The van der Waals surface area contributed by atoms with Crippen LogP contribution >= 0.6 is 24.4 Å². The van der Waals surface area contributed by atoms with E-state index in [0.29, 0.717) is 21.6 Å². The van der Waals surface area contributed by atoms with Crippen LogP contribution in [0.4, 0.5) is 22.7 Å². The first kappa shape index (κ1) is 24.8. The van der Waals surface area contributed by atoms with Crippen LogP contribution in [0.2, 0.25) is 0 Å². The standard InChI is InChI=1S/C21H29N9S2/c1-14(24-28-20(31)22-3)15(2)25-29-21(32)23-16-6-8-17(9-7-16)26-27-18-10-12-19(13-11-18)30(4)5/h6-13,26-27H,1-5H3,(H2,22,28,31)(H2,23,29,32)/b24-14+,25-15+. The lowest BCUT2D eigenvalue weighted by Gasteiger charge is -2.14. The third kappa shape index (κ3) is 8.36. The normalized spacial score (nSPS) is 11.3. The second kappa shape index (κ2) is 12.4. The molecule has 0 unspecified atom stereocenters. The van der Waals surface area contributed by atoms with Crippen LogP contribution < -0.4 is 37.2 Å². The van der Waals surface area contributed by atoms with Crippen LogP contribution in [0.25, 0.3) is 0 Å². The second-order valence-corrected chi connectivity index (χ2v) is 7.74. The molecule has 9 nitrogen and oxygen atoms in total. The number of nitrogens with one attached hydrogen (secondary N) is 6. The molecule has 6 N–H and O–H groups in total. The van der Waals surface area contributed by atoms with Crippen LogP contribution in [0.15, 0.2) is 58.7 Å². The van der Waals surface area contributed by atoms with Gasteiger partial charge in [0.2, 0.25) is 0 Å². The number of anilines is 4. The maximum Gasteiger partial charge on any atom is 0.191 e. The van der Waals surface area contributed by atoms with Crippen molar-refractivity contribution in [3.63, 3.8) is 0 Å². The van der Waals surface area contributed by atoms with E-state index in [1.165, 1.54) is 0 Å². The predicted octanol–water partition coefficient (Wildman–Crippen LogP) is 3.32. The van der Waals surface area contributed by atoms with E-state index in [-0.39, 0.29) is 0 Å². The zero-order valence-corrected chi connectivity index (χ0v) is 20.4. The van der Waals surface area contributed by atoms with E-state index >= 15 is 0 Å². The van der Waals surface area contributed by atoms with Gasteiger partial charge in [-0.15, -0.1) is 0 Å². The van der Waals surface area contributed by atoms with Crippen LogP contribution in [-0.2, 0) is 0 Å². The van der Waals surface area contributed by atoms with Gasteiger partial charge in [0.15, 0.2) is 10.2 Å². The number of hydrazone groups is 2. The molecule has 2 aromatic carbocycles. The summed E-state index contributed by atoms with van der Waals surface area (Å²) in [6.45, 7) is 3.64. The Balaban J connectivity index is 1.82. The Kier molecular flexibility index (Phi) is 9.64. The monoisotopic (exact) mass is 471 g/mol. The van der Waals surface area contributed by atoms with E-state index in [0.717, 1.165) is 22.7 Å². The number of rotatable bonds is 8. The molecule has 0 aliphatic carbocycles. The number of hydrogen-bond acceptors (Lipinski definition) is 7. The number of hydrazine groups is 1. The number of nitrogens with zero attached hydrogens (tertiary/aromatic N) is 3. The van der Waals surface area contributed by atoms with Gasteiger partial charge in [0.25, 0.3) is 0 Å². The summed E-state index contributed by atoms with van der Waals surface area (Å²) in [5.74, 6) is 0. The maximum atomic E-state index is 5.30. The van der Waals surface area contributed by atoms with Crippen molar-refractivity contribution in [1.29, 1.82) is 0 Å². The summed E-state index contributed by atoms with van der Waals surface area (Å²) in [6, 6.07) is 15.8. The average molecular weight is 472 g/mol. The summed E-state index contributed by atoms with van der Waals surface area (Å²) >= 11 is 10.3. The van der Waals surface area contributed by atoms with Crippen molar-refractivity contribution in [2.45, 2.75) is 13.8 Å². The van der Waals surface area contributed by atoms with Crippen LogP contribution in [0.5, 0.6) is 0 Å². The molecule has 2 rings (SSSR count). The molecule has 2 aromatic rings. The van der Waals surface area contributed by atoms with Crippen LogP contribution in [0, 0.1) is 0 Å². The van der Waals surface area contributed by atoms with Gasteiger partial charge >= 0.3 is 0 Å². The highest BCUT2D eigenvalue weighted by molar-refractivity contribution is 7.80. The first-order valence-electron chi connectivity index (χ1n) is 9.81. The highest BCUT2D eigenvalue weighted by Crippen LogP contribution is 2.17. The summed E-state index contributed by atoms with van der Waals surface area (Å²) in [5.41, 5.74) is 17.1. The van der Waals surface area contributed by atoms with Crippen LogP contribution in [-0.4, -0.2) is 42.8 Å². The maximum absolute atomic E-state index is 5.30. The zero-order valence-electron chi connectivity index (χ0n) is 18.8. The first-order valence-corrected chi connectivity index (χ1v) is 10.6. The van der Waals surface area contributed by atoms with E-state index in [4.69, 9.17) is 24.4 Å². The van der Waals surface area contributed by atoms with Crippen molar-refractivity contribution in [2.24, 2.45) is 10.2 Å². The van der Waals surface area contributed by atoms with E-state index in [2.05, 4.69) is 59.6 Å². The molecule has 32 heavy (non-hydrogen) atoms. The molecule has 0 bridgehead atoms. The smallest absolute Gasteiger partial charge is 0.191 e. The number of thiocarbonyl (C=S) groups is 2.